The summed E-state index contributed by atoms with van der Waals surface area (Å²) in [6.45, 7) is 8.80. The molecule has 118 valence electrons. The molecule has 5 heteroatoms. The Hall–Kier alpha value is -2.17. The first-order valence-corrected chi connectivity index (χ1v) is 7.53. The van der Waals surface area contributed by atoms with Crippen molar-refractivity contribution in [3.63, 3.8) is 0 Å². The summed E-state index contributed by atoms with van der Waals surface area (Å²) in [6.07, 6.45) is 4.79. The highest BCUT2D eigenvalue weighted by molar-refractivity contribution is 5.93. The lowest BCUT2D eigenvalue weighted by atomic mass is 9.97. The van der Waals surface area contributed by atoms with Crippen molar-refractivity contribution in [1.29, 1.82) is 0 Å². The maximum absolute atomic E-state index is 11.9. The fourth-order valence-corrected chi connectivity index (χ4v) is 2.03. The molecular formula is C17H23N3O2. The second-order valence-electron chi connectivity index (χ2n) is 6.38. The van der Waals surface area contributed by atoms with Crippen molar-refractivity contribution in [2.24, 2.45) is 0 Å². The third-order valence-electron chi connectivity index (χ3n) is 3.32. The van der Waals surface area contributed by atoms with E-state index in [-0.39, 0.29) is 11.3 Å². The number of nitrogens with zero attached hydrogens (tertiary/aromatic N) is 2. The average molecular weight is 301 g/mol. The lowest BCUT2D eigenvalue weighted by molar-refractivity contribution is 0.0952. The van der Waals surface area contributed by atoms with E-state index in [1.165, 1.54) is 0 Å². The number of hydrogen-bond acceptors (Lipinski definition) is 4. The Morgan fingerprint density at radius 2 is 2.14 bits per heavy atom. The second kappa shape index (κ2) is 6.73. The number of carbonyl (C=O) groups is 1. The normalized spacial score (nSPS) is 11.5. The highest BCUT2D eigenvalue weighted by Gasteiger charge is 2.22. The molecule has 22 heavy (non-hydrogen) atoms. The standard InChI is InChI=1S/C17H23N3O2/c1-12-14(22-16(20-12)17(2,3)4)8-6-10-19-15(21)13-7-5-9-18-11-13/h5,7,9,11H,6,8,10H2,1-4H3,(H,19,21). The summed E-state index contributed by atoms with van der Waals surface area (Å²) in [5, 5.41) is 2.88. The summed E-state index contributed by atoms with van der Waals surface area (Å²) in [6, 6.07) is 3.50. The van der Waals surface area contributed by atoms with Gasteiger partial charge in [0.1, 0.15) is 5.76 Å². The van der Waals surface area contributed by atoms with E-state index in [4.69, 9.17) is 4.42 Å². The Bertz CT molecular complexity index is 627. The van der Waals surface area contributed by atoms with Crippen LogP contribution in [-0.2, 0) is 11.8 Å². The van der Waals surface area contributed by atoms with Gasteiger partial charge in [-0.2, -0.15) is 0 Å². The zero-order valence-corrected chi connectivity index (χ0v) is 13.6. The Morgan fingerprint density at radius 1 is 1.36 bits per heavy atom. The average Bonchev–Trinajstić information content (AvgIpc) is 2.86. The van der Waals surface area contributed by atoms with Crippen LogP contribution in [0.1, 0.15) is 54.9 Å². The Kier molecular flexibility index (Phi) is 4.96. The zero-order valence-electron chi connectivity index (χ0n) is 13.6. The van der Waals surface area contributed by atoms with E-state index in [0.717, 1.165) is 30.2 Å². The molecular weight excluding hydrogens is 278 g/mol. The second-order valence-corrected chi connectivity index (χ2v) is 6.38. The first-order valence-electron chi connectivity index (χ1n) is 7.53. The molecule has 0 aliphatic rings. The summed E-state index contributed by atoms with van der Waals surface area (Å²) in [5.74, 6) is 1.57. The van der Waals surface area contributed by atoms with E-state index in [1.807, 2.05) is 6.92 Å². The highest BCUT2D eigenvalue weighted by atomic mass is 16.4. The van der Waals surface area contributed by atoms with Gasteiger partial charge in [-0.1, -0.05) is 20.8 Å². The smallest absolute Gasteiger partial charge is 0.252 e. The molecule has 1 amide bonds. The van der Waals surface area contributed by atoms with Gasteiger partial charge in [0, 0.05) is 30.8 Å². The maximum atomic E-state index is 11.9. The number of aryl methyl sites for hydroxylation is 2. The van der Waals surface area contributed by atoms with Crippen LogP contribution in [0.2, 0.25) is 0 Å². The Labute approximate surface area is 131 Å². The molecule has 0 spiro atoms. The predicted octanol–water partition coefficient (Wildman–Crippen LogP) is 3.04. The minimum absolute atomic E-state index is 0.0858. The van der Waals surface area contributed by atoms with Crippen LogP contribution in [0.5, 0.6) is 0 Å². The van der Waals surface area contributed by atoms with Crippen molar-refractivity contribution in [3.8, 4) is 0 Å². The molecule has 2 aromatic heterocycles. The van der Waals surface area contributed by atoms with E-state index in [1.54, 1.807) is 24.5 Å². The molecule has 5 nitrogen and oxygen atoms in total. The molecule has 0 atom stereocenters. The van der Waals surface area contributed by atoms with Crippen LogP contribution >= 0.6 is 0 Å². The zero-order chi connectivity index (χ0) is 16.2. The summed E-state index contributed by atoms with van der Waals surface area (Å²) in [4.78, 5) is 20.3. The van der Waals surface area contributed by atoms with Gasteiger partial charge in [-0.15, -0.1) is 0 Å². The van der Waals surface area contributed by atoms with Gasteiger partial charge in [-0.3, -0.25) is 9.78 Å². The van der Waals surface area contributed by atoms with Crippen molar-refractivity contribution in [2.45, 2.75) is 46.0 Å². The molecule has 0 radical (unpaired) electrons. The first kappa shape index (κ1) is 16.2. The minimum atomic E-state index is -0.0993. The summed E-state index contributed by atoms with van der Waals surface area (Å²) < 4.78 is 5.84. The highest BCUT2D eigenvalue weighted by Crippen LogP contribution is 2.24. The molecule has 0 saturated heterocycles. The van der Waals surface area contributed by atoms with Crippen molar-refractivity contribution < 1.29 is 9.21 Å². The van der Waals surface area contributed by atoms with Gasteiger partial charge in [-0.25, -0.2) is 4.98 Å². The van der Waals surface area contributed by atoms with Gasteiger partial charge in [0.2, 0.25) is 0 Å². The predicted molar refractivity (Wildman–Crippen MR) is 84.8 cm³/mol. The maximum Gasteiger partial charge on any atom is 0.252 e. The van der Waals surface area contributed by atoms with E-state index in [9.17, 15) is 4.79 Å². The molecule has 2 aromatic rings. The number of carbonyl (C=O) groups excluding carboxylic acids is 1. The molecule has 0 aliphatic carbocycles. The lowest BCUT2D eigenvalue weighted by Crippen LogP contribution is -2.24. The molecule has 2 heterocycles. The minimum Gasteiger partial charge on any atom is -0.445 e. The first-order chi connectivity index (χ1) is 10.4. The molecule has 0 unspecified atom stereocenters. The van der Waals surface area contributed by atoms with Gasteiger partial charge in [-0.05, 0) is 25.5 Å². The molecule has 0 fully saturated rings. The van der Waals surface area contributed by atoms with E-state index in [0.29, 0.717) is 12.1 Å². The fourth-order valence-electron chi connectivity index (χ4n) is 2.03. The van der Waals surface area contributed by atoms with Gasteiger partial charge in [0.05, 0.1) is 11.3 Å². The van der Waals surface area contributed by atoms with Crippen LogP contribution in [-0.4, -0.2) is 22.4 Å². The summed E-state index contributed by atoms with van der Waals surface area (Å²) in [7, 11) is 0. The van der Waals surface area contributed by atoms with E-state index < -0.39 is 0 Å². The van der Waals surface area contributed by atoms with Crippen molar-refractivity contribution in [3.05, 3.63) is 47.4 Å². The number of hydrogen-bond donors (Lipinski definition) is 1. The third-order valence-corrected chi connectivity index (χ3v) is 3.32. The SMILES string of the molecule is Cc1nc(C(C)(C)C)oc1CCCNC(=O)c1cccnc1. The number of oxazole rings is 1. The number of nitrogens with one attached hydrogen (secondary N) is 1. The molecule has 0 bridgehead atoms. The van der Waals surface area contributed by atoms with Crippen LogP contribution in [0.3, 0.4) is 0 Å². The van der Waals surface area contributed by atoms with Crippen LogP contribution in [0.15, 0.2) is 28.9 Å². The monoisotopic (exact) mass is 301 g/mol. The van der Waals surface area contributed by atoms with E-state index >= 15 is 0 Å². The Balaban J connectivity index is 1.82. The molecule has 0 aliphatic heterocycles. The lowest BCUT2D eigenvalue weighted by Gasteiger charge is -2.12. The van der Waals surface area contributed by atoms with Crippen molar-refractivity contribution >= 4 is 5.91 Å². The summed E-state index contributed by atoms with van der Waals surface area (Å²) >= 11 is 0. The molecule has 0 aromatic carbocycles. The molecule has 2 rings (SSSR count). The molecule has 1 N–H and O–H groups in total. The van der Waals surface area contributed by atoms with Crippen LogP contribution in [0.4, 0.5) is 0 Å². The van der Waals surface area contributed by atoms with Gasteiger partial charge in [0.15, 0.2) is 5.89 Å². The number of rotatable bonds is 5. The van der Waals surface area contributed by atoms with Crippen LogP contribution in [0, 0.1) is 6.92 Å². The number of amides is 1. The van der Waals surface area contributed by atoms with Gasteiger partial charge >= 0.3 is 0 Å². The third kappa shape index (κ3) is 4.16. The molecule has 0 saturated carbocycles. The number of aromatic nitrogens is 2. The van der Waals surface area contributed by atoms with Crippen LogP contribution < -0.4 is 5.32 Å². The van der Waals surface area contributed by atoms with Gasteiger partial charge < -0.3 is 9.73 Å². The van der Waals surface area contributed by atoms with Crippen molar-refractivity contribution in [2.75, 3.05) is 6.54 Å². The summed E-state index contributed by atoms with van der Waals surface area (Å²) in [5.41, 5.74) is 1.43. The fraction of sp³-hybridized carbons (Fsp3) is 0.471. The number of pyridine rings is 1. The largest absolute Gasteiger partial charge is 0.445 e. The quantitative estimate of drug-likeness (QED) is 0.862. The Morgan fingerprint density at radius 3 is 2.73 bits per heavy atom. The van der Waals surface area contributed by atoms with Gasteiger partial charge in [0.25, 0.3) is 5.91 Å². The van der Waals surface area contributed by atoms with Crippen molar-refractivity contribution in [1.82, 2.24) is 15.3 Å². The van der Waals surface area contributed by atoms with E-state index in [2.05, 4.69) is 36.1 Å². The topological polar surface area (TPSA) is 68.0 Å². The van der Waals surface area contributed by atoms with Crippen LogP contribution in [0.25, 0.3) is 0 Å².